The van der Waals surface area contributed by atoms with Crippen LogP contribution in [0.4, 0.5) is 52.7 Å². The molecule has 0 saturated heterocycles. The Morgan fingerprint density at radius 2 is 0.794 bits per heavy atom. The third kappa shape index (κ3) is 2.79. The Balaban J connectivity index is 2.22. The predicted octanol–water partition coefficient (Wildman–Crippen LogP) is 8.14. The van der Waals surface area contributed by atoms with Gasteiger partial charge in [0.2, 0.25) is 0 Å². The quantitative estimate of drug-likeness (QED) is 0.205. The molecule has 0 fully saturated rings. The van der Waals surface area contributed by atoms with Crippen molar-refractivity contribution in [1.82, 2.24) is 0 Å². The third-order valence-electron chi connectivity index (χ3n) is 5.30. The Kier molecular flexibility index (Phi) is 5.11. The standard InChI is InChI=1S/C18H8BrF12IO2/c19-32(11-7-3-1-5-9(11)13(33-32,15(20,21)22)16(23,24)25)12-8-4-2-6-10(12)14(34-32,17(26,27)28)18(29,30)31/h1-8H. The molecule has 0 atom stereocenters. The second-order valence-corrected chi connectivity index (χ2v) is 21.8. The van der Waals surface area contributed by atoms with E-state index in [0.717, 1.165) is 12.1 Å². The first kappa shape index (κ1) is 25.8. The Labute approximate surface area is 189 Å². The molecule has 190 valence electrons. The second kappa shape index (κ2) is 6.73. The molecular weight excluding hydrogens is 683 g/mol. The molecule has 0 amide bonds. The van der Waals surface area contributed by atoms with Gasteiger partial charge < -0.3 is 0 Å². The van der Waals surface area contributed by atoms with E-state index < -0.39 is 69.8 Å². The fourth-order valence-corrected chi connectivity index (χ4v) is 20.1. The van der Waals surface area contributed by atoms with E-state index >= 15 is 0 Å². The van der Waals surface area contributed by atoms with E-state index in [1.54, 1.807) is 0 Å². The van der Waals surface area contributed by atoms with Gasteiger partial charge in [-0.1, -0.05) is 0 Å². The summed E-state index contributed by atoms with van der Waals surface area (Å²) in [6, 6.07) is 4.79. The van der Waals surface area contributed by atoms with E-state index in [9.17, 15) is 52.7 Å². The Morgan fingerprint density at radius 3 is 1.06 bits per heavy atom. The van der Waals surface area contributed by atoms with Crippen molar-refractivity contribution in [3.63, 3.8) is 0 Å². The van der Waals surface area contributed by atoms with Crippen LogP contribution in [0.5, 0.6) is 0 Å². The van der Waals surface area contributed by atoms with Crippen molar-refractivity contribution in [2.75, 3.05) is 0 Å². The SMILES string of the molecule is FC(F)(F)C1(C(F)(F)F)OI2(Br)(OC(C(F)(F)F)(C(F)(F)F)c3ccccc32)c2ccccc21. The van der Waals surface area contributed by atoms with Crippen molar-refractivity contribution in [3.05, 3.63) is 66.8 Å². The van der Waals surface area contributed by atoms with Crippen LogP contribution in [0.15, 0.2) is 48.5 Å². The van der Waals surface area contributed by atoms with Crippen LogP contribution in [0.2, 0.25) is 0 Å². The first-order valence-electron chi connectivity index (χ1n) is 8.66. The van der Waals surface area contributed by atoms with Crippen LogP contribution in [-0.4, -0.2) is 24.7 Å². The van der Waals surface area contributed by atoms with E-state index in [2.05, 4.69) is 18.8 Å². The zero-order valence-electron chi connectivity index (χ0n) is 15.7. The molecule has 0 bridgehead atoms. The van der Waals surface area contributed by atoms with Gasteiger partial charge in [-0.05, 0) is 0 Å². The Bertz CT molecular complexity index is 1050. The molecule has 2 heterocycles. The summed E-state index contributed by atoms with van der Waals surface area (Å²) in [4.78, 5) is 0. The average Bonchev–Trinajstić information content (AvgIpc) is 3.08. The van der Waals surface area contributed by atoms with Crippen LogP contribution in [-0.2, 0) is 17.3 Å². The summed E-state index contributed by atoms with van der Waals surface area (Å²) >= 11 is -5.02. The number of hydrogen-bond donors (Lipinski definition) is 0. The molecule has 0 unspecified atom stereocenters. The van der Waals surface area contributed by atoms with E-state index in [-0.39, 0.29) is 12.1 Å². The molecule has 2 nitrogen and oxygen atoms in total. The van der Waals surface area contributed by atoms with Crippen molar-refractivity contribution in [2.24, 2.45) is 0 Å². The fraction of sp³-hybridized carbons (Fsp3) is 0.333. The molecule has 0 radical (unpaired) electrons. The summed E-state index contributed by atoms with van der Waals surface area (Å²) in [5, 5.41) is 0. The van der Waals surface area contributed by atoms with Gasteiger partial charge in [-0.15, -0.1) is 0 Å². The molecule has 4 rings (SSSR count). The average molecular weight is 691 g/mol. The molecule has 0 aliphatic carbocycles. The fourth-order valence-electron chi connectivity index (χ4n) is 3.95. The number of alkyl halides is 12. The first-order valence-corrected chi connectivity index (χ1v) is 17.4. The van der Waals surface area contributed by atoms with Gasteiger partial charge in [0.05, 0.1) is 0 Å². The van der Waals surface area contributed by atoms with Crippen LogP contribution in [0, 0.1) is 7.14 Å². The van der Waals surface area contributed by atoms with Gasteiger partial charge in [-0.2, -0.15) is 0 Å². The van der Waals surface area contributed by atoms with Gasteiger partial charge in [0.15, 0.2) is 0 Å². The molecule has 2 aromatic rings. The summed E-state index contributed by atoms with van der Waals surface area (Å²) < 4.78 is 176. The van der Waals surface area contributed by atoms with Crippen molar-refractivity contribution in [1.29, 1.82) is 0 Å². The molecule has 0 N–H and O–H groups in total. The minimum atomic E-state index is -7.49. The van der Waals surface area contributed by atoms with Crippen molar-refractivity contribution in [2.45, 2.75) is 35.9 Å². The van der Waals surface area contributed by atoms with Crippen LogP contribution < -0.4 is 0 Å². The van der Waals surface area contributed by atoms with Crippen LogP contribution in [0.3, 0.4) is 0 Å². The van der Waals surface area contributed by atoms with Gasteiger partial charge >= 0.3 is 190 Å². The summed E-state index contributed by atoms with van der Waals surface area (Å²) in [5.41, 5.74) is -14.0. The Hall–Kier alpha value is -1.27. The molecule has 0 aromatic heterocycles. The van der Waals surface area contributed by atoms with E-state index in [1.807, 2.05) is 0 Å². The molecule has 2 aliphatic rings. The molecule has 16 heteroatoms. The maximum atomic E-state index is 14.1. The summed E-state index contributed by atoms with van der Waals surface area (Å²) in [5.74, 6) is 0. The van der Waals surface area contributed by atoms with Gasteiger partial charge in [0.1, 0.15) is 0 Å². The first-order chi connectivity index (χ1) is 15.2. The summed E-state index contributed by atoms with van der Waals surface area (Å²) in [6.07, 6.45) is -25.4. The van der Waals surface area contributed by atoms with Crippen molar-refractivity contribution >= 4 is 28.3 Å². The van der Waals surface area contributed by atoms with E-state index in [0.29, 0.717) is 24.3 Å². The normalized spacial score (nSPS) is 23.7. The van der Waals surface area contributed by atoms with Gasteiger partial charge in [0, 0.05) is 0 Å². The zero-order chi connectivity index (χ0) is 25.8. The van der Waals surface area contributed by atoms with Gasteiger partial charge in [-0.25, -0.2) is 0 Å². The molecule has 1 spiro atoms. The van der Waals surface area contributed by atoms with E-state index in [1.165, 1.54) is 0 Å². The third-order valence-corrected chi connectivity index (χ3v) is 20.0. The molecule has 2 aliphatic heterocycles. The van der Waals surface area contributed by atoms with Gasteiger partial charge in [-0.3, -0.25) is 0 Å². The predicted molar refractivity (Wildman–Crippen MR) is 103 cm³/mol. The van der Waals surface area contributed by atoms with Crippen molar-refractivity contribution < 1.29 is 58.8 Å². The van der Waals surface area contributed by atoms with Crippen molar-refractivity contribution in [3.8, 4) is 0 Å². The number of fused-ring (bicyclic) bond motifs is 4. The maximum absolute atomic E-state index is 14.1. The molecule has 34 heavy (non-hydrogen) atoms. The van der Waals surface area contributed by atoms with Crippen LogP contribution in [0.1, 0.15) is 11.1 Å². The Morgan fingerprint density at radius 1 is 0.529 bits per heavy atom. The summed E-state index contributed by atoms with van der Waals surface area (Å²) in [7, 11) is 0. The van der Waals surface area contributed by atoms with E-state index in [4.69, 9.17) is 0 Å². The number of rotatable bonds is 0. The minimum absolute atomic E-state index is 0.284. The second-order valence-electron chi connectivity index (χ2n) is 7.19. The molecule has 0 saturated carbocycles. The van der Waals surface area contributed by atoms with Gasteiger partial charge in [0.25, 0.3) is 0 Å². The number of hydrogen-bond acceptors (Lipinski definition) is 2. The van der Waals surface area contributed by atoms with Crippen LogP contribution in [0.25, 0.3) is 0 Å². The monoisotopic (exact) mass is 690 g/mol. The number of halogens is 14. The zero-order valence-corrected chi connectivity index (χ0v) is 19.5. The summed E-state index contributed by atoms with van der Waals surface area (Å²) in [6.45, 7) is 0. The topological polar surface area (TPSA) is 18.5 Å². The number of benzene rings is 2. The molecule has 2 aromatic carbocycles. The van der Waals surface area contributed by atoms with Crippen LogP contribution >= 0.6 is 28.3 Å². The molecular formula is C18H8BrF12IO2.